The maximum Gasteiger partial charge on any atom is 0.0782 e. The van der Waals surface area contributed by atoms with Gasteiger partial charge in [0.05, 0.1) is 16.7 Å². The molecule has 0 N–H and O–H groups in total. The van der Waals surface area contributed by atoms with Gasteiger partial charge < -0.3 is 9.47 Å². The molecule has 0 amide bonds. The lowest BCUT2D eigenvalue weighted by Gasteiger charge is -2.29. The predicted octanol–water partition coefficient (Wildman–Crippen LogP) is 13.9. The molecule has 0 saturated heterocycles. The third-order valence-electron chi connectivity index (χ3n) is 11.2. The van der Waals surface area contributed by atoms with E-state index in [-0.39, 0.29) is 5.41 Å². The monoisotopic (exact) mass is 678 g/mol. The summed E-state index contributed by atoms with van der Waals surface area (Å²) in [6.45, 7) is 4.72. The first-order valence-electron chi connectivity index (χ1n) is 18.4. The largest absolute Gasteiger partial charge is 0.308 e. The quantitative estimate of drug-likeness (QED) is 0.170. The molecule has 0 spiro atoms. The van der Waals surface area contributed by atoms with Crippen molar-refractivity contribution in [2.45, 2.75) is 19.3 Å². The molecule has 0 atom stereocenters. The lowest BCUT2D eigenvalue weighted by molar-refractivity contribution is 0.660. The van der Waals surface area contributed by atoms with Crippen molar-refractivity contribution in [3.05, 3.63) is 205 Å². The number of hydrogen-bond donors (Lipinski definition) is 0. The summed E-state index contributed by atoms with van der Waals surface area (Å²) in [6.07, 6.45) is 0. The van der Waals surface area contributed by atoms with Gasteiger partial charge in [-0.1, -0.05) is 159 Å². The SMILES string of the molecule is CC1(C)c2ccccc2-c2ccc(N(c3cccc(-c4ccccc4)c3)c3cccc4c5c(-c6ccccc6)cccc5n(-c5ccccc5)c34)cc21. The first kappa shape index (κ1) is 31.1. The Morgan fingerprint density at radius 1 is 0.434 bits per heavy atom. The normalized spacial score (nSPS) is 12.9. The molecule has 0 fully saturated rings. The molecule has 10 rings (SSSR count). The van der Waals surface area contributed by atoms with Gasteiger partial charge in [-0.05, 0) is 93.0 Å². The summed E-state index contributed by atoms with van der Waals surface area (Å²) in [5.41, 5.74) is 16.9. The van der Waals surface area contributed by atoms with Gasteiger partial charge >= 0.3 is 0 Å². The van der Waals surface area contributed by atoms with Gasteiger partial charge in [-0.25, -0.2) is 0 Å². The highest BCUT2D eigenvalue weighted by Gasteiger charge is 2.36. The summed E-state index contributed by atoms with van der Waals surface area (Å²) in [7, 11) is 0. The van der Waals surface area contributed by atoms with Crippen LogP contribution in [0.5, 0.6) is 0 Å². The summed E-state index contributed by atoms with van der Waals surface area (Å²) in [5.74, 6) is 0. The highest BCUT2D eigenvalue weighted by molar-refractivity contribution is 6.19. The van der Waals surface area contributed by atoms with E-state index in [4.69, 9.17) is 0 Å². The summed E-state index contributed by atoms with van der Waals surface area (Å²) in [4.78, 5) is 2.48. The van der Waals surface area contributed by atoms with Gasteiger partial charge in [0.1, 0.15) is 0 Å². The molecule has 1 aliphatic carbocycles. The molecule has 53 heavy (non-hydrogen) atoms. The Morgan fingerprint density at radius 3 is 1.83 bits per heavy atom. The second kappa shape index (κ2) is 12.3. The van der Waals surface area contributed by atoms with E-state index in [9.17, 15) is 0 Å². The van der Waals surface area contributed by atoms with Crippen LogP contribution in [-0.2, 0) is 5.41 Å². The van der Waals surface area contributed by atoms with Crippen molar-refractivity contribution in [1.82, 2.24) is 4.57 Å². The van der Waals surface area contributed by atoms with Crippen molar-refractivity contribution in [3.63, 3.8) is 0 Å². The second-order valence-electron chi connectivity index (χ2n) is 14.6. The van der Waals surface area contributed by atoms with E-state index < -0.39 is 0 Å². The van der Waals surface area contributed by atoms with Crippen LogP contribution in [0.25, 0.3) is 60.9 Å². The Morgan fingerprint density at radius 2 is 1.04 bits per heavy atom. The van der Waals surface area contributed by atoms with Gasteiger partial charge in [0, 0.05) is 33.2 Å². The Kier molecular flexibility index (Phi) is 7.19. The minimum absolute atomic E-state index is 0.130. The van der Waals surface area contributed by atoms with Gasteiger partial charge in [0.15, 0.2) is 0 Å². The molecule has 252 valence electrons. The van der Waals surface area contributed by atoms with Crippen molar-refractivity contribution < 1.29 is 0 Å². The van der Waals surface area contributed by atoms with Crippen LogP contribution >= 0.6 is 0 Å². The smallest absolute Gasteiger partial charge is 0.0782 e. The van der Waals surface area contributed by atoms with Crippen LogP contribution in [-0.4, -0.2) is 4.57 Å². The molecule has 8 aromatic carbocycles. The molecule has 1 heterocycles. The molecule has 0 unspecified atom stereocenters. The Balaban J connectivity index is 1.30. The zero-order valence-corrected chi connectivity index (χ0v) is 29.9. The second-order valence-corrected chi connectivity index (χ2v) is 14.6. The van der Waals surface area contributed by atoms with E-state index >= 15 is 0 Å². The van der Waals surface area contributed by atoms with Gasteiger partial charge in [-0.15, -0.1) is 0 Å². The van der Waals surface area contributed by atoms with Crippen LogP contribution in [0, 0.1) is 0 Å². The highest BCUT2D eigenvalue weighted by Crippen LogP contribution is 2.52. The van der Waals surface area contributed by atoms with E-state index in [2.05, 4.69) is 217 Å². The minimum Gasteiger partial charge on any atom is -0.308 e. The fourth-order valence-electron chi connectivity index (χ4n) is 8.70. The number of aromatic nitrogens is 1. The maximum atomic E-state index is 2.48. The fraction of sp³-hybridized carbons (Fsp3) is 0.0588. The van der Waals surface area contributed by atoms with Crippen molar-refractivity contribution in [3.8, 4) is 39.1 Å². The molecule has 0 saturated carbocycles. The molecule has 1 aliphatic rings. The van der Waals surface area contributed by atoms with Crippen LogP contribution in [0.2, 0.25) is 0 Å². The fourth-order valence-corrected chi connectivity index (χ4v) is 8.70. The van der Waals surface area contributed by atoms with E-state index in [1.54, 1.807) is 0 Å². The van der Waals surface area contributed by atoms with Crippen LogP contribution in [0.3, 0.4) is 0 Å². The summed E-state index contributed by atoms with van der Waals surface area (Å²) < 4.78 is 2.47. The van der Waals surface area contributed by atoms with Gasteiger partial charge in [0.25, 0.3) is 0 Å². The zero-order chi connectivity index (χ0) is 35.5. The predicted molar refractivity (Wildman–Crippen MR) is 224 cm³/mol. The molecule has 0 radical (unpaired) electrons. The number of rotatable bonds is 6. The van der Waals surface area contributed by atoms with Crippen molar-refractivity contribution in [2.75, 3.05) is 4.90 Å². The standard InChI is InChI=1S/C51H38N2/c1-51(2)45-28-13-12-25-42(45)43-32-31-40(34-46(43)51)52(39-24-14-21-37(33-39)35-17-6-3-7-18-35)48-30-16-27-44-49-41(36-19-8-4-9-20-36)26-15-29-47(49)53(50(44)48)38-22-10-5-11-23-38/h3-34H,1-2H3. The van der Waals surface area contributed by atoms with Crippen molar-refractivity contribution >= 4 is 38.9 Å². The third kappa shape index (κ3) is 4.94. The average Bonchev–Trinajstić information content (AvgIpc) is 3.68. The molecule has 2 heteroatoms. The maximum absolute atomic E-state index is 2.48. The molecule has 1 aromatic heterocycles. The molecule has 0 bridgehead atoms. The third-order valence-corrected chi connectivity index (χ3v) is 11.2. The lowest BCUT2D eigenvalue weighted by Crippen LogP contribution is -2.17. The molecule has 9 aromatic rings. The Bertz CT molecular complexity index is 2790. The molecular weight excluding hydrogens is 641 g/mol. The van der Waals surface area contributed by atoms with Gasteiger partial charge in [-0.2, -0.15) is 0 Å². The molecule has 0 aliphatic heterocycles. The van der Waals surface area contributed by atoms with Gasteiger partial charge in [-0.3, -0.25) is 0 Å². The number of anilines is 3. The van der Waals surface area contributed by atoms with Crippen LogP contribution in [0.15, 0.2) is 194 Å². The average molecular weight is 679 g/mol. The molecular formula is C51H38N2. The molecule has 2 nitrogen and oxygen atoms in total. The number of nitrogens with zero attached hydrogens (tertiary/aromatic N) is 2. The van der Waals surface area contributed by atoms with Crippen LogP contribution < -0.4 is 4.90 Å². The number of para-hydroxylation sites is 2. The van der Waals surface area contributed by atoms with Gasteiger partial charge in [0.2, 0.25) is 0 Å². The van der Waals surface area contributed by atoms with Crippen LogP contribution in [0.1, 0.15) is 25.0 Å². The summed E-state index contributed by atoms with van der Waals surface area (Å²) in [6, 6.07) is 70.8. The number of fused-ring (bicyclic) bond motifs is 6. The summed E-state index contributed by atoms with van der Waals surface area (Å²) in [5, 5.41) is 2.47. The van der Waals surface area contributed by atoms with E-state index in [0.29, 0.717) is 0 Å². The first-order valence-corrected chi connectivity index (χ1v) is 18.4. The lowest BCUT2D eigenvalue weighted by atomic mass is 9.82. The number of benzene rings is 8. The minimum atomic E-state index is -0.130. The zero-order valence-electron chi connectivity index (χ0n) is 29.9. The van der Waals surface area contributed by atoms with Crippen LogP contribution in [0.4, 0.5) is 17.1 Å². The topological polar surface area (TPSA) is 8.17 Å². The Hall–Kier alpha value is -6.64. The van der Waals surface area contributed by atoms with Crippen molar-refractivity contribution in [1.29, 1.82) is 0 Å². The first-order chi connectivity index (χ1) is 26.1. The van der Waals surface area contributed by atoms with E-state index in [0.717, 1.165) is 22.7 Å². The number of hydrogen-bond acceptors (Lipinski definition) is 1. The summed E-state index contributed by atoms with van der Waals surface area (Å²) >= 11 is 0. The van der Waals surface area contributed by atoms with E-state index in [1.807, 2.05) is 0 Å². The Labute approximate surface area is 310 Å². The highest BCUT2D eigenvalue weighted by atomic mass is 15.2. The van der Waals surface area contributed by atoms with Crippen molar-refractivity contribution in [2.24, 2.45) is 0 Å². The van der Waals surface area contributed by atoms with E-state index in [1.165, 1.54) is 66.3 Å².